The molecule has 0 aliphatic heterocycles. The number of hydrogen-bond acceptors (Lipinski definition) is 3. The van der Waals surface area contributed by atoms with Gasteiger partial charge in [0.15, 0.2) is 0 Å². The van der Waals surface area contributed by atoms with E-state index >= 15 is 0 Å². The standard InChI is InChI=1S/C18H14Cl2N2OS/c1-12-10-21-5-4-17(12)18(23)22(11-16-3-2-6-24-16)15-8-13(19)7-14(20)9-15/h2-10H,11H2,1H3. The summed E-state index contributed by atoms with van der Waals surface area (Å²) in [5.41, 5.74) is 2.10. The Morgan fingerprint density at radius 2 is 1.96 bits per heavy atom. The van der Waals surface area contributed by atoms with Crippen molar-refractivity contribution in [2.75, 3.05) is 4.90 Å². The van der Waals surface area contributed by atoms with E-state index < -0.39 is 0 Å². The van der Waals surface area contributed by atoms with Gasteiger partial charge in [0.25, 0.3) is 5.91 Å². The fraction of sp³-hybridized carbons (Fsp3) is 0.111. The second-order valence-electron chi connectivity index (χ2n) is 5.29. The van der Waals surface area contributed by atoms with Gasteiger partial charge in [-0.3, -0.25) is 9.78 Å². The summed E-state index contributed by atoms with van der Waals surface area (Å²) >= 11 is 13.9. The lowest BCUT2D eigenvalue weighted by Gasteiger charge is -2.23. The topological polar surface area (TPSA) is 33.2 Å². The normalized spacial score (nSPS) is 10.6. The summed E-state index contributed by atoms with van der Waals surface area (Å²) in [5.74, 6) is -0.110. The number of nitrogens with zero attached hydrogens (tertiary/aromatic N) is 2. The van der Waals surface area contributed by atoms with Crippen molar-refractivity contribution in [3.63, 3.8) is 0 Å². The molecule has 0 saturated carbocycles. The summed E-state index contributed by atoms with van der Waals surface area (Å²) in [6.45, 7) is 2.32. The van der Waals surface area contributed by atoms with E-state index in [1.165, 1.54) is 0 Å². The number of pyridine rings is 1. The third-order valence-corrected chi connectivity index (χ3v) is 4.85. The van der Waals surface area contributed by atoms with E-state index in [-0.39, 0.29) is 5.91 Å². The lowest BCUT2D eigenvalue weighted by molar-refractivity contribution is 0.0984. The summed E-state index contributed by atoms with van der Waals surface area (Å²) in [5, 5.41) is 2.97. The van der Waals surface area contributed by atoms with Gasteiger partial charge in [-0.05, 0) is 48.2 Å². The van der Waals surface area contributed by atoms with Crippen LogP contribution in [-0.2, 0) is 6.54 Å². The number of thiophene rings is 1. The summed E-state index contributed by atoms with van der Waals surface area (Å²) in [4.78, 5) is 19.9. The first-order chi connectivity index (χ1) is 11.5. The number of aryl methyl sites for hydroxylation is 1. The minimum Gasteiger partial charge on any atom is -0.303 e. The molecule has 2 heterocycles. The van der Waals surface area contributed by atoms with Gasteiger partial charge >= 0.3 is 0 Å². The van der Waals surface area contributed by atoms with Crippen molar-refractivity contribution in [2.45, 2.75) is 13.5 Å². The molecule has 0 unspecified atom stereocenters. The van der Waals surface area contributed by atoms with Crippen LogP contribution in [-0.4, -0.2) is 10.9 Å². The fourth-order valence-electron chi connectivity index (χ4n) is 2.39. The highest BCUT2D eigenvalue weighted by atomic mass is 35.5. The van der Waals surface area contributed by atoms with Gasteiger partial charge in [0, 0.05) is 38.6 Å². The zero-order chi connectivity index (χ0) is 17.1. The number of rotatable bonds is 4. The van der Waals surface area contributed by atoms with Crippen molar-refractivity contribution in [1.29, 1.82) is 0 Å². The van der Waals surface area contributed by atoms with Crippen LogP contribution >= 0.6 is 34.5 Å². The number of amides is 1. The van der Waals surface area contributed by atoms with Crippen LogP contribution in [0.1, 0.15) is 20.8 Å². The fourth-order valence-corrected chi connectivity index (χ4v) is 3.60. The molecule has 0 fully saturated rings. The number of halogens is 2. The Kier molecular flexibility index (Phi) is 5.19. The Labute approximate surface area is 154 Å². The van der Waals surface area contributed by atoms with E-state index in [1.807, 2.05) is 24.4 Å². The second-order valence-corrected chi connectivity index (χ2v) is 7.19. The summed E-state index contributed by atoms with van der Waals surface area (Å²) in [7, 11) is 0. The highest BCUT2D eigenvalue weighted by Crippen LogP contribution is 2.29. The molecule has 0 spiro atoms. The lowest BCUT2D eigenvalue weighted by atomic mass is 10.1. The molecule has 122 valence electrons. The zero-order valence-corrected chi connectivity index (χ0v) is 15.2. The maximum absolute atomic E-state index is 13.1. The predicted molar refractivity (Wildman–Crippen MR) is 100 cm³/mol. The molecule has 1 amide bonds. The lowest BCUT2D eigenvalue weighted by Crippen LogP contribution is -2.30. The summed E-state index contributed by atoms with van der Waals surface area (Å²) in [6.07, 6.45) is 3.30. The van der Waals surface area contributed by atoms with Crippen LogP contribution in [0.15, 0.2) is 54.2 Å². The van der Waals surface area contributed by atoms with Gasteiger partial charge < -0.3 is 4.90 Å². The van der Waals surface area contributed by atoms with Crippen LogP contribution in [0.3, 0.4) is 0 Å². The molecule has 3 aromatic rings. The third-order valence-electron chi connectivity index (χ3n) is 3.55. The molecule has 0 aliphatic carbocycles. The van der Waals surface area contributed by atoms with Gasteiger partial charge in [0.1, 0.15) is 0 Å². The van der Waals surface area contributed by atoms with Gasteiger partial charge in [-0.15, -0.1) is 11.3 Å². The average molecular weight is 377 g/mol. The van der Waals surface area contributed by atoms with Gasteiger partial charge in [-0.25, -0.2) is 0 Å². The average Bonchev–Trinajstić information content (AvgIpc) is 3.04. The number of hydrogen-bond donors (Lipinski definition) is 0. The molecule has 0 N–H and O–H groups in total. The van der Waals surface area contributed by atoms with Gasteiger partial charge in [-0.1, -0.05) is 29.3 Å². The van der Waals surface area contributed by atoms with E-state index in [0.717, 1.165) is 10.4 Å². The summed E-state index contributed by atoms with van der Waals surface area (Å²) < 4.78 is 0. The molecule has 0 saturated heterocycles. The Morgan fingerprint density at radius 1 is 1.21 bits per heavy atom. The first-order valence-corrected chi connectivity index (χ1v) is 8.89. The highest BCUT2D eigenvalue weighted by molar-refractivity contribution is 7.09. The maximum atomic E-state index is 13.1. The number of carbonyl (C=O) groups is 1. The molecule has 6 heteroatoms. The largest absolute Gasteiger partial charge is 0.303 e. The molecule has 3 nitrogen and oxygen atoms in total. The molecule has 0 aliphatic rings. The molecule has 2 aromatic heterocycles. The van der Waals surface area contributed by atoms with Crippen LogP contribution < -0.4 is 4.90 Å². The van der Waals surface area contributed by atoms with E-state index in [0.29, 0.717) is 27.8 Å². The molecular formula is C18H14Cl2N2OS. The maximum Gasteiger partial charge on any atom is 0.258 e. The Balaban J connectivity index is 2.04. The SMILES string of the molecule is Cc1cnccc1C(=O)N(Cc1cccs1)c1cc(Cl)cc(Cl)c1. The predicted octanol–water partition coefficient (Wildman–Crippen LogP) is 5.61. The van der Waals surface area contributed by atoms with Crippen molar-refractivity contribution >= 4 is 46.1 Å². The first kappa shape index (κ1) is 17.0. The number of aromatic nitrogens is 1. The zero-order valence-electron chi connectivity index (χ0n) is 12.9. The van der Waals surface area contributed by atoms with E-state index in [1.54, 1.807) is 52.9 Å². The number of anilines is 1. The quantitative estimate of drug-likeness (QED) is 0.593. The minimum absolute atomic E-state index is 0.110. The number of benzene rings is 1. The van der Waals surface area contributed by atoms with Crippen molar-refractivity contribution in [1.82, 2.24) is 4.98 Å². The number of carbonyl (C=O) groups excluding carboxylic acids is 1. The van der Waals surface area contributed by atoms with Crippen LogP contribution in [0, 0.1) is 6.92 Å². The Bertz CT molecular complexity index is 845. The highest BCUT2D eigenvalue weighted by Gasteiger charge is 2.21. The Morgan fingerprint density at radius 3 is 2.58 bits per heavy atom. The third kappa shape index (κ3) is 3.78. The van der Waals surface area contributed by atoms with Gasteiger partial charge in [0.2, 0.25) is 0 Å². The van der Waals surface area contributed by atoms with Crippen LogP contribution in [0.2, 0.25) is 10.0 Å². The molecule has 0 atom stereocenters. The molecule has 0 radical (unpaired) electrons. The Hall–Kier alpha value is -1.88. The van der Waals surface area contributed by atoms with Crippen molar-refractivity contribution < 1.29 is 4.79 Å². The minimum atomic E-state index is -0.110. The summed E-state index contributed by atoms with van der Waals surface area (Å²) in [6, 6.07) is 10.8. The van der Waals surface area contributed by atoms with Gasteiger partial charge in [0.05, 0.1) is 6.54 Å². The molecular weight excluding hydrogens is 363 g/mol. The van der Waals surface area contributed by atoms with Crippen LogP contribution in [0.5, 0.6) is 0 Å². The van der Waals surface area contributed by atoms with Crippen molar-refractivity contribution in [3.8, 4) is 0 Å². The van der Waals surface area contributed by atoms with Crippen LogP contribution in [0.4, 0.5) is 5.69 Å². The molecule has 0 bridgehead atoms. The van der Waals surface area contributed by atoms with Crippen molar-refractivity contribution in [3.05, 3.63) is 80.2 Å². The molecule has 1 aromatic carbocycles. The smallest absolute Gasteiger partial charge is 0.258 e. The van der Waals surface area contributed by atoms with Gasteiger partial charge in [-0.2, -0.15) is 0 Å². The first-order valence-electron chi connectivity index (χ1n) is 7.25. The molecule has 24 heavy (non-hydrogen) atoms. The van der Waals surface area contributed by atoms with E-state index in [9.17, 15) is 4.79 Å². The molecule has 3 rings (SSSR count). The van der Waals surface area contributed by atoms with Crippen LogP contribution in [0.25, 0.3) is 0 Å². The monoisotopic (exact) mass is 376 g/mol. The van der Waals surface area contributed by atoms with Crippen molar-refractivity contribution in [2.24, 2.45) is 0 Å². The second kappa shape index (κ2) is 7.34. The van der Waals surface area contributed by atoms with E-state index in [4.69, 9.17) is 23.2 Å². The van der Waals surface area contributed by atoms with E-state index in [2.05, 4.69) is 4.98 Å².